The minimum Gasteiger partial charge on any atom is -0.444 e. The first-order chi connectivity index (χ1) is 25.4. The average Bonchev–Trinajstić information content (AvgIpc) is 3.08. The third kappa shape index (κ3) is 9.92. The molecule has 0 saturated carbocycles. The number of rotatable bonds is 8. The van der Waals surface area contributed by atoms with E-state index in [1.807, 2.05) is 6.07 Å². The molecule has 0 saturated heterocycles. The van der Waals surface area contributed by atoms with E-state index in [9.17, 15) is 19.7 Å². The number of nitrogens with one attached hydrogen (secondary N) is 2. The Hall–Kier alpha value is -6.40. The highest BCUT2D eigenvalue weighted by molar-refractivity contribution is 6.34. The van der Waals surface area contributed by atoms with Crippen LogP contribution < -0.4 is 21.3 Å². The van der Waals surface area contributed by atoms with Crippen LogP contribution in [-0.2, 0) is 9.47 Å². The molecule has 5 aromatic carbocycles. The first kappa shape index (κ1) is 38.8. The summed E-state index contributed by atoms with van der Waals surface area (Å²) in [5.41, 5.74) is 8.66. The quantitative estimate of drug-likeness (QED) is 0.0800. The number of non-ortho nitro benzene ring substituents is 1. The van der Waals surface area contributed by atoms with E-state index in [4.69, 9.17) is 26.8 Å². The number of anilines is 5. The van der Waals surface area contributed by atoms with Crippen molar-refractivity contribution in [3.63, 3.8) is 0 Å². The zero-order valence-electron chi connectivity index (χ0n) is 30.6. The molecule has 0 radical (unpaired) electrons. The summed E-state index contributed by atoms with van der Waals surface area (Å²) in [6.07, 6.45) is -1.32. The average molecular weight is 750 g/mol. The molecule has 0 spiro atoms. The van der Waals surface area contributed by atoms with Gasteiger partial charge in [-0.1, -0.05) is 54.1 Å². The van der Waals surface area contributed by atoms with Crippen LogP contribution in [0, 0.1) is 10.1 Å². The van der Waals surface area contributed by atoms with Crippen LogP contribution in [0.25, 0.3) is 22.3 Å². The lowest BCUT2D eigenvalue weighted by Crippen LogP contribution is -2.28. The number of amides is 3. The van der Waals surface area contributed by atoms with Gasteiger partial charge in [-0.3, -0.25) is 30.4 Å². The molecule has 0 bridgehead atoms. The van der Waals surface area contributed by atoms with Gasteiger partial charge in [0.15, 0.2) is 0 Å². The zero-order chi connectivity index (χ0) is 39.4. The molecule has 5 rings (SSSR count). The van der Waals surface area contributed by atoms with Crippen molar-refractivity contribution >= 4 is 63.8 Å². The first-order valence-electron chi connectivity index (χ1n) is 16.9. The predicted octanol–water partition coefficient (Wildman–Crippen LogP) is 10.8. The third-order valence-corrected chi connectivity index (χ3v) is 7.96. The molecule has 0 aliphatic rings. The van der Waals surface area contributed by atoms with Gasteiger partial charge in [-0.25, -0.2) is 9.59 Å². The molecule has 0 fully saturated rings. The summed E-state index contributed by atoms with van der Waals surface area (Å²) in [7, 11) is 0. The van der Waals surface area contributed by atoms with Crippen molar-refractivity contribution in [2.24, 2.45) is 0 Å². The van der Waals surface area contributed by atoms with E-state index in [1.165, 1.54) is 29.2 Å². The van der Waals surface area contributed by atoms with Crippen molar-refractivity contribution < 1.29 is 28.8 Å². The highest BCUT2D eigenvalue weighted by Crippen LogP contribution is 2.40. The van der Waals surface area contributed by atoms with E-state index < -0.39 is 34.2 Å². The van der Waals surface area contributed by atoms with E-state index in [-0.39, 0.29) is 27.6 Å². The molecule has 3 amide bonds. The highest BCUT2D eigenvalue weighted by Gasteiger charge is 2.28. The Balaban J connectivity index is 1.63. The second-order valence-electron chi connectivity index (χ2n) is 14.3. The third-order valence-electron chi connectivity index (χ3n) is 7.65. The Morgan fingerprint density at radius 3 is 1.91 bits per heavy atom. The number of nitro groups is 1. The number of halogens is 1. The normalized spacial score (nSPS) is 11.3. The summed E-state index contributed by atoms with van der Waals surface area (Å²) in [5, 5.41) is 17.4. The fourth-order valence-electron chi connectivity index (χ4n) is 5.44. The molecule has 0 aliphatic heterocycles. The number of ether oxygens (including phenoxy) is 2. The molecule has 0 heterocycles. The van der Waals surface area contributed by atoms with Crippen molar-refractivity contribution in [3.8, 4) is 22.3 Å². The van der Waals surface area contributed by atoms with Gasteiger partial charge in [-0.2, -0.15) is 0 Å². The summed E-state index contributed by atoms with van der Waals surface area (Å²) in [6.45, 7) is 10.5. The lowest BCUT2D eigenvalue weighted by molar-refractivity contribution is -0.384. The Morgan fingerprint density at radius 2 is 1.30 bits per heavy atom. The van der Waals surface area contributed by atoms with E-state index >= 15 is 4.79 Å². The van der Waals surface area contributed by atoms with Crippen molar-refractivity contribution in [2.45, 2.75) is 52.7 Å². The van der Waals surface area contributed by atoms with Gasteiger partial charge in [0.2, 0.25) is 0 Å². The number of hydrogen-bond donors (Lipinski definition) is 3. The topological polar surface area (TPSA) is 166 Å². The molecule has 0 unspecified atom stereocenters. The van der Waals surface area contributed by atoms with Crippen molar-refractivity contribution in [3.05, 3.63) is 130 Å². The van der Waals surface area contributed by atoms with Crippen LogP contribution in [0.5, 0.6) is 0 Å². The lowest BCUT2D eigenvalue weighted by atomic mass is 9.96. The van der Waals surface area contributed by atoms with Gasteiger partial charge >= 0.3 is 12.2 Å². The van der Waals surface area contributed by atoms with Crippen molar-refractivity contribution in [2.75, 3.05) is 21.3 Å². The van der Waals surface area contributed by atoms with E-state index in [1.54, 1.807) is 120 Å². The van der Waals surface area contributed by atoms with E-state index in [0.717, 1.165) is 5.56 Å². The van der Waals surface area contributed by atoms with Gasteiger partial charge < -0.3 is 15.2 Å². The maximum absolute atomic E-state index is 15.1. The number of benzene rings is 5. The van der Waals surface area contributed by atoms with Gasteiger partial charge in [-0.05, 0) is 118 Å². The van der Waals surface area contributed by atoms with Gasteiger partial charge in [0.25, 0.3) is 11.6 Å². The van der Waals surface area contributed by atoms with Gasteiger partial charge in [-0.15, -0.1) is 0 Å². The number of carbonyl (C=O) groups excluding carboxylic acids is 3. The second-order valence-corrected chi connectivity index (χ2v) is 14.7. The predicted molar refractivity (Wildman–Crippen MR) is 212 cm³/mol. The Labute approximate surface area is 318 Å². The molecule has 12 nitrogen and oxygen atoms in total. The van der Waals surface area contributed by atoms with Gasteiger partial charge in [0.05, 0.1) is 21.2 Å². The van der Waals surface area contributed by atoms with Crippen LogP contribution in [0.3, 0.4) is 0 Å². The maximum Gasteiger partial charge on any atom is 0.412 e. The van der Waals surface area contributed by atoms with E-state index in [0.29, 0.717) is 33.8 Å². The molecule has 0 atom stereocenters. The van der Waals surface area contributed by atoms with Crippen LogP contribution in [0.4, 0.5) is 43.7 Å². The number of carbonyl (C=O) groups is 3. The summed E-state index contributed by atoms with van der Waals surface area (Å²) in [4.78, 5) is 52.8. The lowest BCUT2D eigenvalue weighted by Gasteiger charge is -2.26. The highest BCUT2D eigenvalue weighted by atomic mass is 35.5. The Morgan fingerprint density at radius 1 is 0.704 bits per heavy atom. The number of nitrogens with zero attached hydrogens (tertiary/aromatic N) is 2. The molecule has 0 aliphatic carbocycles. The van der Waals surface area contributed by atoms with Crippen LogP contribution >= 0.6 is 11.6 Å². The SMILES string of the molecule is CC(C)(C)OC(=O)Nc1ccc(-c2cccc(N(C(=O)c3cc(NC(=O)OC(C)(C)C)ccc3-c3cccc(N)c3)c3cc([N+](=O)[O-])ccc3Cl)c2)cc1. The van der Waals surface area contributed by atoms with Crippen LogP contribution in [-0.4, -0.2) is 34.2 Å². The van der Waals surface area contributed by atoms with Crippen molar-refractivity contribution in [1.29, 1.82) is 0 Å². The van der Waals surface area contributed by atoms with Crippen molar-refractivity contribution in [1.82, 2.24) is 0 Å². The maximum atomic E-state index is 15.1. The summed E-state index contributed by atoms with van der Waals surface area (Å²) in [5.74, 6) is -0.614. The van der Waals surface area contributed by atoms with Crippen LogP contribution in [0.1, 0.15) is 51.9 Å². The fraction of sp³-hybridized carbons (Fsp3) is 0.195. The van der Waals surface area contributed by atoms with Gasteiger partial charge in [0, 0.05) is 34.9 Å². The molecule has 4 N–H and O–H groups in total. The minimum absolute atomic E-state index is 0.0500. The fourth-order valence-corrected chi connectivity index (χ4v) is 5.64. The van der Waals surface area contributed by atoms with Gasteiger partial charge in [0.1, 0.15) is 11.2 Å². The minimum atomic E-state index is -0.778. The zero-order valence-corrected chi connectivity index (χ0v) is 31.4. The second kappa shape index (κ2) is 15.7. The monoisotopic (exact) mass is 749 g/mol. The summed E-state index contributed by atoms with van der Waals surface area (Å²) >= 11 is 6.72. The van der Waals surface area contributed by atoms with Crippen LogP contribution in [0.15, 0.2) is 109 Å². The number of nitrogen functional groups attached to an aromatic ring is 1. The standard InChI is InChI=1S/C41H40ClN5O7/c1-40(2,3)53-38(49)44-29-15-13-25(14-16-29)26-9-8-12-31(22-26)46(36-24-32(47(51)52)18-20-35(36)42)37(48)34-23-30(45-39(50)54-41(4,5)6)17-19-33(34)27-10-7-11-28(43)21-27/h7-24H,43H2,1-6H3,(H,44,49)(H,45,50). The Kier molecular flexibility index (Phi) is 11.3. The number of nitro benzene ring substituents is 1. The molecule has 5 aromatic rings. The molecule has 278 valence electrons. The Bertz CT molecular complexity index is 2230. The first-order valence-corrected chi connectivity index (χ1v) is 17.2. The summed E-state index contributed by atoms with van der Waals surface area (Å²) in [6, 6.07) is 29.6. The van der Waals surface area contributed by atoms with E-state index in [2.05, 4.69) is 10.6 Å². The molecule has 13 heteroatoms. The summed E-state index contributed by atoms with van der Waals surface area (Å²) < 4.78 is 10.8. The number of nitrogens with two attached hydrogens (primary N) is 1. The largest absolute Gasteiger partial charge is 0.444 e. The molecular weight excluding hydrogens is 710 g/mol. The smallest absolute Gasteiger partial charge is 0.412 e. The number of hydrogen-bond acceptors (Lipinski definition) is 8. The molecule has 54 heavy (non-hydrogen) atoms. The molecule has 0 aromatic heterocycles. The molecular formula is C41H40ClN5O7. The van der Waals surface area contributed by atoms with Crippen LogP contribution in [0.2, 0.25) is 5.02 Å².